The maximum Gasteiger partial charge on any atom is 0.331 e. The number of alkyl halides is 1. The molecule has 82 valence electrons. The Morgan fingerprint density at radius 2 is 1.93 bits per heavy atom. The lowest BCUT2D eigenvalue weighted by atomic mass is 10.1. The van der Waals surface area contributed by atoms with Gasteiger partial charge in [0.05, 0.1) is 6.61 Å². The van der Waals surface area contributed by atoms with Gasteiger partial charge in [-0.15, -0.1) is 11.6 Å². The lowest BCUT2D eigenvalue weighted by Crippen LogP contribution is -2.26. The molecule has 0 amide bonds. The molecule has 0 aromatic heterocycles. The number of halogens is 1. The SMILES string of the molecule is CCCCCC(=O)C(Cl)C(=O)OCC. The van der Waals surface area contributed by atoms with Crippen molar-refractivity contribution in [3.63, 3.8) is 0 Å². The van der Waals surface area contributed by atoms with Crippen LogP contribution in [-0.4, -0.2) is 23.7 Å². The van der Waals surface area contributed by atoms with E-state index in [1.807, 2.05) is 6.92 Å². The monoisotopic (exact) mass is 220 g/mol. The summed E-state index contributed by atoms with van der Waals surface area (Å²) in [7, 11) is 0. The number of ketones is 1. The summed E-state index contributed by atoms with van der Waals surface area (Å²) in [5.74, 6) is -0.866. The first-order chi connectivity index (χ1) is 6.63. The fourth-order valence-electron chi connectivity index (χ4n) is 1.02. The molecule has 0 saturated heterocycles. The zero-order chi connectivity index (χ0) is 11.0. The van der Waals surface area contributed by atoms with Crippen molar-refractivity contribution in [1.82, 2.24) is 0 Å². The molecule has 0 rings (SSSR count). The third-order valence-electron chi connectivity index (χ3n) is 1.80. The summed E-state index contributed by atoms with van der Waals surface area (Å²) in [5.41, 5.74) is 0. The first kappa shape index (κ1) is 13.4. The van der Waals surface area contributed by atoms with Crippen LogP contribution in [-0.2, 0) is 14.3 Å². The number of Topliss-reactive ketones (excluding diaryl/α,β-unsaturated/α-hetero) is 1. The van der Waals surface area contributed by atoms with Crippen LogP contribution in [0.4, 0.5) is 0 Å². The van der Waals surface area contributed by atoms with Crippen molar-refractivity contribution in [3.8, 4) is 0 Å². The molecule has 0 fully saturated rings. The van der Waals surface area contributed by atoms with Gasteiger partial charge >= 0.3 is 5.97 Å². The molecule has 1 atom stereocenters. The zero-order valence-electron chi connectivity index (χ0n) is 8.72. The quantitative estimate of drug-likeness (QED) is 0.286. The van der Waals surface area contributed by atoms with Crippen LogP contribution in [0.2, 0.25) is 0 Å². The van der Waals surface area contributed by atoms with E-state index in [0.717, 1.165) is 19.3 Å². The maximum absolute atomic E-state index is 11.3. The van der Waals surface area contributed by atoms with E-state index in [4.69, 9.17) is 11.6 Å². The van der Waals surface area contributed by atoms with E-state index in [1.165, 1.54) is 0 Å². The zero-order valence-corrected chi connectivity index (χ0v) is 9.47. The molecular weight excluding hydrogens is 204 g/mol. The van der Waals surface area contributed by atoms with Gasteiger partial charge < -0.3 is 4.74 Å². The molecule has 0 radical (unpaired) electrons. The maximum atomic E-state index is 11.3. The van der Waals surface area contributed by atoms with Crippen molar-refractivity contribution in [2.45, 2.75) is 44.9 Å². The van der Waals surface area contributed by atoms with E-state index in [1.54, 1.807) is 6.92 Å². The van der Waals surface area contributed by atoms with Crippen molar-refractivity contribution in [1.29, 1.82) is 0 Å². The highest BCUT2D eigenvalue weighted by molar-refractivity contribution is 6.41. The molecule has 0 aliphatic heterocycles. The molecular formula is C10H17ClO3. The lowest BCUT2D eigenvalue weighted by molar-refractivity contribution is -0.145. The van der Waals surface area contributed by atoms with Crippen LogP contribution in [0.5, 0.6) is 0 Å². The van der Waals surface area contributed by atoms with Crippen LogP contribution < -0.4 is 0 Å². The average Bonchev–Trinajstić information content (AvgIpc) is 2.17. The summed E-state index contributed by atoms with van der Waals surface area (Å²) in [4.78, 5) is 22.3. The molecule has 14 heavy (non-hydrogen) atoms. The standard InChI is InChI=1S/C10H17ClO3/c1-3-5-6-7-8(12)9(11)10(13)14-4-2/h9H,3-7H2,1-2H3. The summed E-state index contributed by atoms with van der Waals surface area (Å²) in [6.45, 7) is 3.99. The van der Waals surface area contributed by atoms with E-state index in [9.17, 15) is 9.59 Å². The Morgan fingerprint density at radius 3 is 2.43 bits per heavy atom. The van der Waals surface area contributed by atoms with Gasteiger partial charge in [-0.2, -0.15) is 0 Å². The Balaban J connectivity index is 3.80. The largest absolute Gasteiger partial charge is 0.465 e. The first-order valence-corrected chi connectivity index (χ1v) is 5.40. The number of ether oxygens (including phenoxy) is 1. The third-order valence-corrected chi connectivity index (χ3v) is 2.22. The number of hydrogen-bond donors (Lipinski definition) is 0. The van der Waals surface area contributed by atoms with Gasteiger partial charge in [0, 0.05) is 6.42 Å². The smallest absolute Gasteiger partial charge is 0.331 e. The van der Waals surface area contributed by atoms with Gasteiger partial charge in [-0.3, -0.25) is 4.79 Å². The summed E-state index contributed by atoms with van der Waals surface area (Å²) >= 11 is 5.62. The van der Waals surface area contributed by atoms with E-state index < -0.39 is 11.3 Å². The average molecular weight is 221 g/mol. The van der Waals surface area contributed by atoms with Gasteiger partial charge in [0.2, 0.25) is 0 Å². The Hall–Kier alpha value is -0.570. The minimum atomic E-state index is -1.12. The van der Waals surface area contributed by atoms with Gasteiger partial charge in [-0.1, -0.05) is 19.8 Å². The Labute approximate surface area is 89.8 Å². The third kappa shape index (κ3) is 5.22. The molecule has 3 nitrogen and oxygen atoms in total. The molecule has 0 aromatic carbocycles. The van der Waals surface area contributed by atoms with Crippen LogP contribution >= 0.6 is 11.6 Å². The topological polar surface area (TPSA) is 43.4 Å². The number of carbonyl (C=O) groups is 2. The molecule has 0 saturated carbocycles. The number of esters is 1. The minimum Gasteiger partial charge on any atom is -0.465 e. The second-order valence-corrected chi connectivity index (χ2v) is 3.47. The molecule has 0 heterocycles. The molecule has 0 aliphatic rings. The molecule has 0 N–H and O–H groups in total. The van der Waals surface area contributed by atoms with Gasteiger partial charge in [-0.25, -0.2) is 4.79 Å². The summed E-state index contributed by atoms with van der Waals surface area (Å²) in [6.07, 6.45) is 3.18. The van der Waals surface area contributed by atoms with Crippen molar-refractivity contribution in [2.24, 2.45) is 0 Å². The van der Waals surface area contributed by atoms with Gasteiger partial charge in [-0.05, 0) is 13.3 Å². The van der Waals surface area contributed by atoms with E-state index >= 15 is 0 Å². The Kier molecular flexibility index (Phi) is 7.48. The molecule has 4 heteroatoms. The predicted octanol–water partition coefficient (Wildman–Crippen LogP) is 2.31. The molecule has 0 aromatic rings. The summed E-state index contributed by atoms with van der Waals surface area (Å²) in [5, 5.41) is -1.12. The second-order valence-electron chi connectivity index (χ2n) is 3.04. The highest BCUT2D eigenvalue weighted by atomic mass is 35.5. The summed E-state index contributed by atoms with van der Waals surface area (Å²) < 4.78 is 4.64. The van der Waals surface area contributed by atoms with E-state index in [2.05, 4.69) is 4.74 Å². The van der Waals surface area contributed by atoms with Crippen LogP contribution in [0.15, 0.2) is 0 Å². The summed E-state index contributed by atoms with van der Waals surface area (Å²) in [6, 6.07) is 0. The van der Waals surface area contributed by atoms with Crippen molar-refractivity contribution in [2.75, 3.05) is 6.61 Å². The van der Waals surface area contributed by atoms with E-state index in [0.29, 0.717) is 6.42 Å². The highest BCUT2D eigenvalue weighted by Gasteiger charge is 2.24. The van der Waals surface area contributed by atoms with Crippen LogP contribution in [0.25, 0.3) is 0 Å². The number of unbranched alkanes of at least 4 members (excludes halogenated alkanes) is 2. The molecule has 0 spiro atoms. The van der Waals surface area contributed by atoms with Crippen molar-refractivity contribution >= 4 is 23.4 Å². The van der Waals surface area contributed by atoms with E-state index in [-0.39, 0.29) is 12.4 Å². The van der Waals surface area contributed by atoms with Crippen LogP contribution in [0.1, 0.15) is 39.5 Å². The van der Waals surface area contributed by atoms with Crippen LogP contribution in [0.3, 0.4) is 0 Å². The molecule has 0 bridgehead atoms. The Bertz CT molecular complexity index is 192. The van der Waals surface area contributed by atoms with Crippen molar-refractivity contribution in [3.05, 3.63) is 0 Å². The first-order valence-electron chi connectivity index (χ1n) is 4.96. The lowest BCUT2D eigenvalue weighted by Gasteiger charge is -2.06. The fraction of sp³-hybridized carbons (Fsp3) is 0.800. The fourth-order valence-corrected chi connectivity index (χ4v) is 1.19. The highest BCUT2D eigenvalue weighted by Crippen LogP contribution is 2.08. The van der Waals surface area contributed by atoms with Gasteiger partial charge in [0.1, 0.15) is 0 Å². The number of rotatable bonds is 7. The van der Waals surface area contributed by atoms with Gasteiger partial charge in [0.15, 0.2) is 11.2 Å². The number of carbonyl (C=O) groups excluding carboxylic acids is 2. The second kappa shape index (κ2) is 7.80. The van der Waals surface area contributed by atoms with Gasteiger partial charge in [0.25, 0.3) is 0 Å². The molecule has 0 aliphatic carbocycles. The Morgan fingerprint density at radius 1 is 1.29 bits per heavy atom. The normalized spacial score (nSPS) is 12.2. The molecule has 1 unspecified atom stereocenters. The number of hydrogen-bond acceptors (Lipinski definition) is 3. The van der Waals surface area contributed by atoms with Crippen molar-refractivity contribution < 1.29 is 14.3 Å². The minimum absolute atomic E-state index is 0.237. The predicted molar refractivity (Wildman–Crippen MR) is 55.4 cm³/mol. The van der Waals surface area contributed by atoms with Crippen LogP contribution in [0, 0.1) is 0 Å².